The van der Waals surface area contributed by atoms with E-state index in [0.717, 1.165) is 22.3 Å². The Morgan fingerprint density at radius 2 is 0.750 bits per heavy atom. The fourth-order valence-electron chi connectivity index (χ4n) is 8.34. The van der Waals surface area contributed by atoms with Crippen LogP contribution in [0.4, 0.5) is 0 Å². The van der Waals surface area contributed by atoms with Gasteiger partial charge in [0.05, 0.1) is 12.3 Å². The standard InChI is InChI=1S/C38H60N4O2/c1-21-11-22(2)31(21)35-39-17-25-13-29(37(5,6)7)15-27(33(25)43)19-41-36(32-23(3)12-24(32)4)42-20-28-16-30(38(8,9)10)14-26(18-40-35)34(28)44/h13-16,21-24,31-32,35-36,39-44H,11-12,17-20H2,1-10H3. The molecular formula is C38H60N4O2. The molecule has 4 atom stereocenters. The van der Waals surface area contributed by atoms with Crippen molar-refractivity contribution in [3.8, 4) is 11.5 Å². The van der Waals surface area contributed by atoms with Gasteiger partial charge in [0.25, 0.3) is 0 Å². The van der Waals surface area contributed by atoms with Crippen molar-refractivity contribution in [3.63, 3.8) is 0 Å². The lowest BCUT2D eigenvalue weighted by Crippen LogP contribution is -2.55. The lowest BCUT2D eigenvalue weighted by molar-refractivity contribution is 0.0453. The summed E-state index contributed by atoms with van der Waals surface area (Å²) in [6.45, 7) is 25.2. The van der Waals surface area contributed by atoms with Crippen molar-refractivity contribution in [1.82, 2.24) is 21.3 Å². The van der Waals surface area contributed by atoms with Crippen LogP contribution in [0.5, 0.6) is 11.5 Å². The van der Waals surface area contributed by atoms with Crippen LogP contribution in [0, 0.1) is 35.5 Å². The van der Waals surface area contributed by atoms with Gasteiger partial charge in [-0.15, -0.1) is 0 Å². The van der Waals surface area contributed by atoms with Gasteiger partial charge in [0.15, 0.2) is 0 Å². The van der Waals surface area contributed by atoms with Gasteiger partial charge in [0, 0.05) is 48.4 Å². The fourth-order valence-corrected chi connectivity index (χ4v) is 8.34. The molecule has 0 amide bonds. The van der Waals surface area contributed by atoms with Crippen molar-refractivity contribution >= 4 is 0 Å². The van der Waals surface area contributed by atoms with Gasteiger partial charge in [-0.05, 0) is 70.3 Å². The third-order valence-corrected chi connectivity index (χ3v) is 11.2. The number of fused-ring (bicyclic) bond motifs is 4. The minimum absolute atomic E-state index is 0.0354. The quantitative estimate of drug-likeness (QED) is 0.221. The Hall–Kier alpha value is -2.12. The molecule has 1 aliphatic heterocycles. The molecule has 1 heterocycles. The highest BCUT2D eigenvalue weighted by molar-refractivity contribution is 5.47. The van der Waals surface area contributed by atoms with Crippen molar-refractivity contribution < 1.29 is 10.2 Å². The predicted octanol–water partition coefficient (Wildman–Crippen LogP) is 7.00. The Bertz CT molecular complexity index is 1150. The molecule has 4 bridgehead atoms. The summed E-state index contributed by atoms with van der Waals surface area (Å²) in [5, 5.41) is 38.6. The molecule has 2 aromatic rings. The molecule has 0 radical (unpaired) electrons. The highest BCUT2D eigenvalue weighted by Crippen LogP contribution is 2.43. The number of phenols is 2. The highest BCUT2D eigenvalue weighted by Gasteiger charge is 2.41. The van der Waals surface area contributed by atoms with Crippen LogP contribution in [0.1, 0.15) is 115 Å². The highest BCUT2D eigenvalue weighted by atomic mass is 16.3. The van der Waals surface area contributed by atoms with E-state index in [1.807, 2.05) is 0 Å². The molecule has 0 aromatic heterocycles. The summed E-state index contributed by atoms with van der Waals surface area (Å²) in [6, 6.07) is 8.76. The van der Waals surface area contributed by atoms with Gasteiger partial charge in [0.2, 0.25) is 0 Å². The van der Waals surface area contributed by atoms with E-state index in [1.54, 1.807) is 0 Å². The maximum atomic E-state index is 11.6. The smallest absolute Gasteiger partial charge is 0.124 e. The monoisotopic (exact) mass is 604 g/mol. The molecule has 4 unspecified atom stereocenters. The average Bonchev–Trinajstić information content (AvgIpc) is 2.91. The molecule has 2 aliphatic carbocycles. The van der Waals surface area contributed by atoms with Gasteiger partial charge in [-0.3, -0.25) is 21.3 Å². The molecule has 0 saturated heterocycles. The van der Waals surface area contributed by atoms with Crippen molar-refractivity contribution in [1.29, 1.82) is 0 Å². The summed E-state index contributed by atoms with van der Waals surface area (Å²) in [4.78, 5) is 0. The largest absolute Gasteiger partial charge is 0.507 e. The molecule has 6 N–H and O–H groups in total. The van der Waals surface area contributed by atoms with E-state index in [2.05, 4.69) is 115 Å². The number of hydrogen-bond donors (Lipinski definition) is 6. The molecule has 3 aliphatic rings. The van der Waals surface area contributed by atoms with E-state index in [0.29, 0.717) is 73.2 Å². The van der Waals surface area contributed by atoms with Crippen LogP contribution < -0.4 is 21.3 Å². The first kappa shape index (κ1) is 33.2. The number of rotatable bonds is 2. The zero-order valence-electron chi connectivity index (χ0n) is 29.1. The minimum Gasteiger partial charge on any atom is -0.507 e. The van der Waals surface area contributed by atoms with Crippen LogP contribution in [0.3, 0.4) is 0 Å². The first-order valence-electron chi connectivity index (χ1n) is 17.2. The molecule has 5 rings (SSSR count). The van der Waals surface area contributed by atoms with E-state index >= 15 is 0 Å². The summed E-state index contributed by atoms with van der Waals surface area (Å²) in [5.41, 5.74) is 6.20. The van der Waals surface area contributed by atoms with Crippen LogP contribution in [-0.4, -0.2) is 22.5 Å². The molecule has 6 heteroatoms. The first-order chi connectivity index (χ1) is 20.5. The zero-order valence-corrected chi connectivity index (χ0v) is 29.1. The lowest BCUT2D eigenvalue weighted by atomic mass is 9.65. The van der Waals surface area contributed by atoms with E-state index < -0.39 is 0 Å². The molecule has 44 heavy (non-hydrogen) atoms. The second kappa shape index (κ2) is 12.6. The molecule has 244 valence electrons. The molecule has 6 nitrogen and oxygen atoms in total. The molecule has 2 fully saturated rings. The zero-order chi connectivity index (χ0) is 32.1. The molecule has 2 saturated carbocycles. The van der Waals surface area contributed by atoms with Crippen LogP contribution in [0.15, 0.2) is 24.3 Å². The summed E-state index contributed by atoms with van der Waals surface area (Å²) in [6.07, 6.45) is 2.58. The summed E-state index contributed by atoms with van der Waals surface area (Å²) < 4.78 is 0. The minimum atomic E-state index is -0.0354. The number of benzene rings is 2. The van der Waals surface area contributed by atoms with Gasteiger partial charge < -0.3 is 10.2 Å². The van der Waals surface area contributed by atoms with Crippen LogP contribution in [0.25, 0.3) is 0 Å². The van der Waals surface area contributed by atoms with E-state index in [1.165, 1.54) is 24.0 Å². The fraction of sp³-hybridized carbons (Fsp3) is 0.684. The summed E-state index contributed by atoms with van der Waals surface area (Å²) >= 11 is 0. The number of hydrogen-bond acceptors (Lipinski definition) is 6. The third-order valence-electron chi connectivity index (χ3n) is 11.2. The van der Waals surface area contributed by atoms with Crippen molar-refractivity contribution in [2.75, 3.05) is 0 Å². The van der Waals surface area contributed by atoms with Gasteiger partial charge in [-0.2, -0.15) is 0 Å². The van der Waals surface area contributed by atoms with Crippen LogP contribution in [-0.2, 0) is 37.0 Å². The Labute approximate surface area is 267 Å². The summed E-state index contributed by atoms with van der Waals surface area (Å²) in [7, 11) is 0. The van der Waals surface area contributed by atoms with Gasteiger partial charge in [-0.25, -0.2) is 0 Å². The Balaban J connectivity index is 1.57. The number of phenolic OH excluding ortho intramolecular Hbond substituents is 2. The van der Waals surface area contributed by atoms with Crippen molar-refractivity contribution in [3.05, 3.63) is 57.6 Å². The molecule has 2 aromatic carbocycles. The normalized spacial score (nSPS) is 32.0. The van der Waals surface area contributed by atoms with Gasteiger partial charge in [-0.1, -0.05) is 93.5 Å². The average molecular weight is 605 g/mol. The number of aromatic hydroxyl groups is 2. The van der Waals surface area contributed by atoms with Crippen LogP contribution >= 0.6 is 0 Å². The van der Waals surface area contributed by atoms with Crippen molar-refractivity contribution in [2.24, 2.45) is 35.5 Å². The summed E-state index contributed by atoms with van der Waals surface area (Å²) in [5.74, 6) is 4.17. The Morgan fingerprint density at radius 3 is 0.955 bits per heavy atom. The Kier molecular flexibility index (Phi) is 9.51. The maximum Gasteiger partial charge on any atom is 0.124 e. The van der Waals surface area contributed by atoms with Gasteiger partial charge >= 0.3 is 0 Å². The topological polar surface area (TPSA) is 88.6 Å². The second-order valence-corrected chi connectivity index (χ2v) is 16.8. The Morgan fingerprint density at radius 1 is 0.500 bits per heavy atom. The lowest BCUT2D eigenvalue weighted by Gasteiger charge is -2.47. The molecular weight excluding hydrogens is 544 g/mol. The van der Waals surface area contributed by atoms with E-state index in [4.69, 9.17) is 0 Å². The van der Waals surface area contributed by atoms with E-state index in [-0.39, 0.29) is 23.2 Å². The SMILES string of the molecule is CC1CC(C)C1C1NCc2cc(C(C)(C)C)cc(c2O)CNC(C2C(C)CC2C)NCc2cc(C(C)(C)C)cc(c2O)CN1. The second-order valence-electron chi connectivity index (χ2n) is 16.8. The first-order valence-corrected chi connectivity index (χ1v) is 17.2. The van der Waals surface area contributed by atoms with E-state index in [9.17, 15) is 10.2 Å². The van der Waals surface area contributed by atoms with Crippen molar-refractivity contribution in [2.45, 2.75) is 131 Å². The maximum absolute atomic E-state index is 11.6. The number of nitrogens with one attached hydrogen (secondary N) is 4. The van der Waals surface area contributed by atoms with Crippen LogP contribution in [0.2, 0.25) is 0 Å². The third kappa shape index (κ3) is 6.84. The predicted molar refractivity (Wildman–Crippen MR) is 181 cm³/mol. The molecule has 0 spiro atoms. The van der Waals surface area contributed by atoms with Gasteiger partial charge in [0.1, 0.15) is 11.5 Å².